The number of nitrogens with one attached hydrogen (secondary N) is 1. The number of rotatable bonds is 3. The second kappa shape index (κ2) is 4.49. The maximum Gasteiger partial charge on any atom is 0.120 e. The molecule has 0 spiro atoms. The Bertz CT molecular complexity index is 288. The summed E-state index contributed by atoms with van der Waals surface area (Å²) < 4.78 is 0. The van der Waals surface area contributed by atoms with Crippen molar-refractivity contribution in [3.63, 3.8) is 0 Å². The SMILES string of the molecule is CNC(C)Cc1ccc(Cl)cc1O. The van der Waals surface area contributed by atoms with Gasteiger partial charge in [-0.25, -0.2) is 0 Å². The fourth-order valence-corrected chi connectivity index (χ4v) is 1.31. The van der Waals surface area contributed by atoms with Gasteiger partial charge >= 0.3 is 0 Å². The van der Waals surface area contributed by atoms with E-state index in [1.54, 1.807) is 12.1 Å². The molecule has 0 amide bonds. The monoisotopic (exact) mass is 199 g/mol. The van der Waals surface area contributed by atoms with Gasteiger partial charge in [0.15, 0.2) is 0 Å². The van der Waals surface area contributed by atoms with E-state index in [-0.39, 0.29) is 5.75 Å². The molecule has 2 nitrogen and oxygen atoms in total. The zero-order chi connectivity index (χ0) is 9.84. The summed E-state index contributed by atoms with van der Waals surface area (Å²) >= 11 is 5.71. The lowest BCUT2D eigenvalue weighted by atomic mass is 10.1. The molecule has 1 atom stereocenters. The van der Waals surface area contributed by atoms with Gasteiger partial charge in [-0.15, -0.1) is 0 Å². The Hall–Kier alpha value is -0.730. The number of phenolic OH excluding ortho intramolecular Hbond substituents is 1. The van der Waals surface area contributed by atoms with Crippen LogP contribution in [0.15, 0.2) is 18.2 Å². The Morgan fingerprint density at radius 3 is 2.77 bits per heavy atom. The Morgan fingerprint density at radius 2 is 2.23 bits per heavy atom. The molecule has 0 aliphatic rings. The predicted octanol–water partition coefficient (Wildman–Crippen LogP) is 2.20. The van der Waals surface area contributed by atoms with Crippen molar-refractivity contribution in [1.82, 2.24) is 5.32 Å². The Labute approximate surface area is 83.5 Å². The van der Waals surface area contributed by atoms with Gasteiger partial charge in [-0.2, -0.15) is 0 Å². The maximum atomic E-state index is 9.52. The lowest BCUT2D eigenvalue weighted by Gasteiger charge is -2.11. The van der Waals surface area contributed by atoms with Gasteiger partial charge in [-0.05, 0) is 38.1 Å². The second-order valence-corrected chi connectivity index (χ2v) is 3.60. The van der Waals surface area contributed by atoms with Crippen molar-refractivity contribution in [2.24, 2.45) is 0 Å². The van der Waals surface area contributed by atoms with Gasteiger partial charge in [0.2, 0.25) is 0 Å². The van der Waals surface area contributed by atoms with E-state index in [0.717, 1.165) is 12.0 Å². The highest BCUT2D eigenvalue weighted by atomic mass is 35.5. The van der Waals surface area contributed by atoms with Crippen molar-refractivity contribution in [3.05, 3.63) is 28.8 Å². The minimum absolute atomic E-state index is 0.273. The van der Waals surface area contributed by atoms with E-state index in [1.165, 1.54) is 0 Å². The van der Waals surface area contributed by atoms with Crippen LogP contribution in [0.1, 0.15) is 12.5 Å². The first-order chi connectivity index (χ1) is 6.13. The van der Waals surface area contributed by atoms with Crippen molar-refractivity contribution >= 4 is 11.6 Å². The molecule has 0 aliphatic heterocycles. The lowest BCUT2D eigenvalue weighted by molar-refractivity contribution is 0.462. The van der Waals surface area contributed by atoms with Crippen LogP contribution in [0.4, 0.5) is 0 Å². The first-order valence-electron chi connectivity index (χ1n) is 4.28. The number of benzene rings is 1. The molecule has 0 aliphatic carbocycles. The number of hydrogen-bond donors (Lipinski definition) is 2. The molecular formula is C10H14ClNO. The molecule has 3 heteroatoms. The van der Waals surface area contributed by atoms with E-state index in [9.17, 15) is 5.11 Å². The summed E-state index contributed by atoms with van der Waals surface area (Å²) in [5, 5.41) is 13.2. The van der Waals surface area contributed by atoms with E-state index in [0.29, 0.717) is 11.1 Å². The molecule has 72 valence electrons. The standard InChI is InChI=1S/C10H14ClNO/c1-7(12-2)5-8-3-4-9(11)6-10(8)13/h3-4,6-7,12-13H,5H2,1-2H3. The van der Waals surface area contributed by atoms with Crippen molar-refractivity contribution in [2.75, 3.05) is 7.05 Å². The van der Waals surface area contributed by atoms with Crippen molar-refractivity contribution < 1.29 is 5.11 Å². The van der Waals surface area contributed by atoms with Crippen molar-refractivity contribution in [1.29, 1.82) is 0 Å². The van der Waals surface area contributed by atoms with E-state index in [4.69, 9.17) is 11.6 Å². The van der Waals surface area contributed by atoms with Crippen LogP contribution in [0.2, 0.25) is 5.02 Å². The molecule has 0 saturated heterocycles. The van der Waals surface area contributed by atoms with E-state index in [1.807, 2.05) is 13.1 Å². The smallest absolute Gasteiger partial charge is 0.120 e. The summed E-state index contributed by atoms with van der Waals surface area (Å²) in [6.45, 7) is 2.06. The van der Waals surface area contributed by atoms with Crippen LogP contribution < -0.4 is 5.32 Å². The highest BCUT2D eigenvalue weighted by Crippen LogP contribution is 2.22. The maximum absolute atomic E-state index is 9.52. The van der Waals surface area contributed by atoms with Gasteiger partial charge in [-0.3, -0.25) is 0 Å². The van der Waals surface area contributed by atoms with Crippen LogP contribution in [0.5, 0.6) is 5.75 Å². The molecule has 0 heterocycles. The van der Waals surface area contributed by atoms with Crippen LogP contribution in [0.25, 0.3) is 0 Å². The van der Waals surface area contributed by atoms with Crippen LogP contribution in [-0.4, -0.2) is 18.2 Å². The van der Waals surface area contributed by atoms with Gasteiger partial charge in [0, 0.05) is 11.1 Å². The zero-order valence-corrected chi connectivity index (χ0v) is 8.60. The normalized spacial score (nSPS) is 12.8. The molecule has 0 bridgehead atoms. The van der Waals surface area contributed by atoms with Crippen LogP contribution in [-0.2, 0) is 6.42 Å². The highest BCUT2D eigenvalue weighted by Gasteiger charge is 2.05. The molecule has 2 N–H and O–H groups in total. The minimum atomic E-state index is 0.273. The molecule has 0 fully saturated rings. The predicted molar refractivity (Wildman–Crippen MR) is 55.3 cm³/mol. The minimum Gasteiger partial charge on any atom is -0.508 e. The fraction of sp³-hybridized carbons (Fsp3) is 0.400. The number of aromatic hydroxyl groups is 1. The Morgan fingerprint density at radius 1 is 1.54 bits per heavy atom. The summed E-state index contributed by atoms with van der Waals surface area (Å²) in [7, 11) is 1.90. The molecule has 0 saturated carbocycles. The van der Waals surface area contributed by atoms with Gasteiger partial charge in [-0.1, -0.05) is 17.7 Å². The summed E-state index contributed by atoms with van der Waals surface area (Å²) in [5.74, 6) is 0.273. The second-order valence-electron chi connectivity index (χ2n) is 3.17. The topological polar surface area (TPSA) is 32.3 Å². The third-order valence-corrected chi connectivity index (χ3v) is 2.30. The third-order valence-electron chi connectivity index (χ3n) is 2.07. The molecule has 1 aromatic rings. The molecular weight excluding hydrogens is 186 g/mol. The molecule has 13 heavy (non-hydrogen) atoms. The summed E-state index contributed by atoms with van der Waals surface area (Å²) in [5.41, 5.74) is 0.922. The Balaban J connectivity index is 2.77. The molecule has 0 aromatic heterocycles. The first-order valence-corrected chi connectivity index (χ1v) is 4.66. The average Bonchev–Trinajstić information content (AvgIpc) is 2.09. The Kier molecular flexibility index (Phi) is 3.58. The van der Waals surface area contributed by atoms with Gasteiger partial charge in [0.25, 0.3) is 0 Å². The molecule has 1 unspecified atom stereocenters. The van der Waals surface area contributed by atoms with Crippen molar-refractivity contribution in [2.45, 2.75) is 19.4 Å². The number of hydrogen-bond acceptors (Lipinski definition) is 2. The number of halogens is 1. The molecule has 0 radical (unpaired) electrons. The van der Waals surface area contributed by atoms with Crippen LogP contribution >= 0.6 is 11.6 Å². The van der Waals surface area contributed by atoms with E-state index in [2.05, 4.69) is 12.2 Å². The summed E-state index contributed by atoms with van der Waals surface area (Å²) in [4.78, 5) is 0. The van der Waals surface area contributed by atoms with Gasteiger partial charge < -0.3 is 10.4 Å². The quantitative estimate of drug-likeness (QED) is 0.783. The van der Waals surface area contributed by atoms with E-state index >= 15 is 0 Å². The first kappa shape index (κ1) is 10.4. The molecule has 1 rings (SSSR count). The largest absolute Gasteiger partial charge is 0.508 e. The number of likely N-dealkylation sites (N-methyl/N-ethyl adjacent to an activating group) is 1. The van der Waals surface area contributed by atoms with E-state index < -0.39 is 0 Å². The van der Waals surface area contributed by atoms with Crippen LogP contribution in [0.3, 0.4) is 0 Å². The summed E-state index contributed by atoms with van der Waals surface area (Å²) in [6, 6.07) is 5.57. The average molecular weight is 200 g/mol. The lowest BCUT2D eigenvalue weighted by Crippen LogP contribution is -2.23. The fourth-order valence-electron chi connectivity index (χ4n) is 1.14. The number of phenols is 1. The summed E-state index contributed by atoms with van der Waals surface area (Å²) in [6.07, 6.45) is 0.805. The third kappa shape index (κ3) is 2.90. The van der Waals surface area contributed by atoms with Gasteiger partial charge in [0.1, 0.15) is 5.75 Å². The van der Waals surface area contributed by atoms with Crippen LogP contribution in [0, 0.1) is 0 Å². The van der Waals surface area contributed by atoms with Crippen molar-refractivity contribution in [3.8, 4) is 5.75 Å². The molecule has 1 aromatic carbocycles. The van der Waals surface area contributed by atoms with Gasteiger partial charge in [0.05, 0.1) is 0 Å². The zero-order valence-electron chi connectivity index (χ0n) is 7.84. The highest BCUT2D eigenvalue weighted by molar-refractivity contribution is 6.30.